The number of aromatic amines is 1. The normalized spacial score (nSPS) is 19.6. The molecule has 9 rings (SSSR count). The molecule has 0 aliphatic carbocycles. The van der Waals surface area contributed by atoms with E-state index in [0.29, 0.717) is 48.2 Å². The molecular formula is C47H47F2N9O8S. The number of nitrogens with zero attached hydrogens (tertiary/aromatic N) is 5. The van der Waals surface area contributed by atoms with E-state index < -0.39 is 68.5 Å². The van der Waals surface area contributed by atoms with Crippen LogP contribution in [0.4, 0.5) is 20.2 Å². The number of carbonyl (C=O) groups excluding carboxylic acids is 6. The van der Waals surface area contributed by atoms with Gasteiger partial charge in [0.05, 0.1) is 22.4 Å². The monoisotopic (exact) mass is 935 g/mol. The molecule has 2 aromatic heterocycles. The van der Waals surface area contributed by atoms with Gasteiger partial charge in [-0.25, -0.2) is 13.8 Å². The van der Waals surface area contributed by atoms with Gasteiger partial charge in [-0.1, -0.05) is 37.3 Å². The van der Waals surface area contributed by atoms with Gasteiger partial charge in [0.1, 0.15) is 17.5 Å². The van der Waals surface area contributed by atoms with Gasteiger partial charge in [0, 0.05) is 99.3 Å². The maximum absolute atomic E-state index is 15.7. The molecule has 3 aromatic carbocycles. The first-order valence-electron chi connectivity index (χ1n) is 22.1. The molecule has 0 radical (unpaired) electrons. The van der Waals surface area contributed by atoms with Gasteiger partial charge in [-0.05, 0) is 67.1 Å². The molecule has 5 amide bonds. The molecule has 4 aliphatic heterocycles. The second-order valence-corrected chi connectivity index (χ2v) is 19.0. The van der Waals surface area contributed by atoms with Crippen LogP contribution < -0.4 is 15.4 Å². The van der Waals surface area contributed by atoms with E-state index in [4.69, 9.17) is 0 Å². The van der Waals surface area contributed by atoms with Crippen molar-refractivity contribution in [1.82, 2.24) is 34.3 Å². The van der Waals surface area contributed by atoms with Crippen LogP contribution in [0.5, 0.6) is 0 Å². The van der Waals surface area contributed by atoms with E-state index in [1.165, 1.54) is 19.3 Å². The van der Waals surface area contributed by atoms with Crippen LogP contribution >= 0.6 is 0 Å². The van der Waals surface area contributed by atoms with E-state index in [1.807, 2.05) is 29.2 Å². The summed E-state index contributed by atoms with van der Waals surface area (Å²) in [4.78, 5) is 90.8. The van der Waals surface area contributed by atoms with E-state index in [2.05, 4.69) is 30.2 Å². The number of amides is 5. The lowest BCUT2D eigenvalue weighted by atomic mass is 9.99. The minimum Gasteiger partial charge on any atom is -0.384 e. The summed E-state index contributed by atoms with van der Waals surface area (Å²) in [5.41, 5.74) is 2.12. The van der Waals surface area contributed by atoms with Crippen LogP contribution in [0.2, 0.25) is 0 Å². The Morgan fingerprint density at radius 3 is 2.39 bits per heavy atom. The Kier molecular flexibility index (Phi) is 12.2. The lowest BCUT2D eigenvalue weighted by molar-refractivity contribution is -0.137. The molecule has 4 N–H and O–H groups in total. The fourth-order valence-electron chi connectivity index (χ4n) is 9.55. The number of hydrogen-bond acceptors (Lipinski definition) is 11. The molecule has 3 fully saturated rings. The third kappa shape index (κ3) is 8.55. The van der Waals surface area contributed by atoms with Gasteiger partial charge in [-0.2, -0.15) is 12.7 Å². The summed E-state index contributed by atoms with van der Waals surface area (Å²) >= 11 is 0. The smallest absolute Gasteiger partial charge is 0.301 e. The van der Waals surface area contributed by atoms with Gasteiger partial charge < -0.3 is 15.2 Å². The number of H-pyrrole nitrogens is 1. The molecule has 0 saturated carbocycles. The van der Waals surface area contributed by atoms with Crippen molar-refractivity contribution in [3.63, 3.8) is 0 Å². The molecule has 5 aromatic rings. The lowest BCUT2D eigenvalue weighted by Crippen LogP contribution is -2.55. The number of likely N-dealkylation sites (tertiary alicyclic amines) is 1. The van der Waals surface area contributed by atoms with Crippen molar-refractivity contribution >= 4 is 67.9 Å². The first-order valence-corrected chi connectivity index (χ1v) is 23.5. The predicted molar refractivity (Wildman–Crippen MR) is 242 cm³/mol. The van der Waals surface area contributed by atoms with Crippen molar-refractivity contribution in [2.24, 2.45) is 0 Å². The first kappa shape index (κ1) is 45.3. The summed E-state index contributed by atoms with van der Waals surface area (Å²) in [7, 11) is -2.86. The van der Waals surface area contributed by atoms with Crippen LogP contribution in [0.25, 0.3) is 22.2 Å². The van der Waals surface area contributed by atoms with Crippen molar-refractivity contribution in [3.8, 4) is 11.1 Å². The topological polar surface area (TPSA) is 214 Å². The number of rotatable bonds is 15. The van der Waals surface area contributed by atoms with Crippen LogP contribution in [0.15, 0.2) is 73.1 Å². The van der Waals surface area contributed by atoms with Crippen LogP contribution in [0, 0.1) is 11.6 Å². The third-order valence-electron chi connectivity index (χ3n) is 13.1. The predicted octanol–water partition coefficient (Wildman–Crippen LogP) is 4.82. The molecule has 2 bridgehead atoms. The minimum atomic E-state index is -4.16. The van der Waals surface area contributed by atoms with Gasteiger partial charge >= 0.3 is 10.2 Å². The molecule has 3 saturated heterocycles. The van der Waals surface area contributed by atoms with Crippen molar-refractivity contribution in [2.75, 3.05) is 43.3 Å². The zero-order chi connectivity index (χ0) is 47.3. The van der Waals surface area contributed by atoms with E-state index >= 15 is 8.78 Å². The van der Waals surface area contributed by atoms with Gasteiger partial charge in [-0.15, -0.1) is 0 Å². The number of carbonyl (C=O) groups is 6. The Balaban J connectivity index is 0.796. The molecule has 0 spiro atoms. The minimum absolute atomic E-state index is 0.0311. The highest BCUT2D eigenvalue weighted by Gasteiger charge is 2.46. The van der Waals surface area contributed by atoms with Crippen LogP contribution in [-0.2, 0) is 31.1 Å². The number of anilines is 2. The van der Waals surface area contributed by atoms with Crippen molar-refractivity contribution in [1.29, 1.82) is 0 Å². The standard InChI is InChI=1S/C47H47F2N9O8S/c1-3-55(2)67(65,66)54-36-16-15-34(48)41(42(36)49)43(61)33-22-52-44-32(33)20-28(21-51-44)27-11-9-26(10-12-27)23-56-24-29-13-14-30(25-56)57(29)39(60)8-5-19-50-35-7-4-6-31-40(35)47(64)58(46(31)63)37-17-18-38(59)53-45(37)62/h4,6-7,9-12,15-16,20-22,29-30,37,50,54H,3,5,8,13-14,17-19,23-25H2,1-2H3,(H,51,52)(H,53,59,62). The average molecular weight is 936 g/mol. The largest absolute Gasteiger partial charge is 0.384 e. The molecule has 348 valence electrons. The summed E-state index contributed by atoms with van der Waals surface area (Å²) in [5, 5.41) is 5.76. The first-order chi connectivity index (χ1) is 32.1. The Labute approximate surface area is 384 Å². The maximum Gasteiger partial charge on any atom is 0.301 e. The Morgan fingerprint density at radius 1 is 0.925 bits per heavy atom. The number of nitrogens with one attached hydrogen (secondary N) is 4. The number of imide groups is 2. The number of hydrogen-bond donors (Lipinski definition) is 4. The Hall–Kier alpha value is -6.90. The summed E-state index contributed by atoms with van der Waals surface area (Å²) in [5.74, 6) is -5.70. The SMILES string of the molecule is CCN(C)S(=O)(=O)Nc1ccc(F)c(C(=O)c2c[nH]c3ncc(-c4ccc(CN5CC6CCC(C5)N6C(=O)CCCNc5cccc6c5C(=O)N(C5CCC(=O)NC5=O)C6=O)cc4)cc23)c1F. The summed E-state index contributed by atoms with van der Waals surface area (Å²) in [6, 6.07) is 15.3. The number of pyridine rings is 1. The number of fused-ring (bicyclic) bond motifs is 4. The third-order valence-corrected chi connectivity index (χ3v) is 14.6. The van der Waals surface area contributed by atoms with Crippen molar-refractivity contribution < 1.29 is 46.0 Å². The molecule has 67 heavy (non-hydrogen) atoms. The second kappa shape index (κ2) is 18.1. The highest BCUT2D eigenvalue weighted by molar-refractivity contribution is 7.90. The molecule has 3 atom stereocenters. The van der Waals surface area contributed by atoms with E-state index in [-0.39, 0.29) is 54.1 Å². The van der Waals surface area contributed by atoms with E-state index in [0.717, 1.165) is 58.4 Å². The van der Waals surface area contributed by atoms with Crippen LogP contribution in [0.3, 0.4) is 0 Å². The number of ketones is 1. The lowest BCUT2D eigenvalue weighted by Gasteiger charge is -2.41. The molecule has 4 aliphatic rings. The number of aromatic nitrogens is 2. The highest BCUT2D eigenvalue weighted by Crippen LogP contribution is 2.35. The van der Waals surface area contributed by atoms with Gasteiger partial charge in [0.15, 0.2) is 5.82 Å². The van der Waals surface area contributed by atoms with Gasteiger partial charge in [0.25, 0.3) is 11.8 Å². The van der Waals surface area contributed by atoms with Crippen LogP contribution in [-0.4, -0.2) is 124 Å². The zero-order valence-corrected chi connectivity index (χ0v) is 37.4. The Morgan fingerprint density at radius 2 is 1.67 bits per heavy atom. The number of halogens is 2. The van der Waals surface area contributed by atoms with Gasteiger partial charge in [-0.3, -0.25) is 48.6 Å². The van der Waals surface area contributed by atoms with E-state index in [1.54, 1.807) is 31.3 Å². The van der Waals surface area contributed by atoms with Crippen molar-refractivity contribution in [2.45, 2.75) is 70.1 Å². The zero-order valence-electron chi connectivity index (χ0n) is 36.6. The van der Waals surface area contributed by atoms with Crippen LogP contribution in [0.1, 0.15) is 87.6 Å². The van der Waals surface area contributed by atoms with E-state index in [9.17, 15) is 37.2 Å². The highest BCUT2D eigenvalue weighted by atomic mass is 32.2. The average Bonchev–Trinajstić information content (AvgIpc) is 3.94. The maximum atomic E-state index is 15.7. The molecule has 20 heteroatoms. The summed E-state index contributed by atoms with van der Waals surface area (Å²) in [6.07, 6.45) is 5.64. The quantitative estimate of drug-likeness (QED) is 0.0635. The number of piperazine rings is 1. The number of piperidine rings is 1. The fraction of sp³-hybridized carbons (Fsp3) is 0.340. The number of benzene rings is 3. The summed E-state index contributed by atoms with van der Waals surface area (Å²) in [6.45, 7) is 4.16. The molecule has 3 unspecified atom stereocenters. The van der Waals surface area contributed by atoms with Gasteiger partial charge in [0.2, 0.25) is 23.5 Å². The fourth-order valence-corrected chi connectivity index (χ4v) is 10.5. The Bertz CT molecular complexity index is 2970. The molecular weight excluding hydrogens is 889 g/mol. The molecule has 6 heterocycles. The van der Waals surface area contributed by atoms with Crippen molar-refractivity contribution in [3.05, 3.63) is 113 Å². The second-order valence-electron chi connectivity index (χ2n) is 17.2. The summed E-state index contributed by atoms with van der Waals surface area (Å²) < 4.78 is 58.9. The molecule has 17 nitrogen and oxygen atoms in total.